The molecular formula is C26H40O7. The molecule has 7 nitrogen and oxygen atoms in total. The fraction of sp³-hybridized carbons (Fsp3) is 0.808. The molecule has 1 unspecified atom stereocenters. The van der Waals surface area contributed by atoms with Crippen LogP contribution in [-0.2, 0) is 9.53 Å². The summed E-state index contributed by atoms with van der Waals surface area (Å²) in [6.07, 6.45) is 2.73. The molecule has 2 saturated carbocycles. The molecule has 0 aromatic rings. The van der Waals surface area contributed by atoms with Crippen LogP contribution in [0.2, 0.25) is 0 Å². The van der Waals surface area contributed by atoms with Gasteiger partial charge in [0, 0.05) is 23.7 Å². The van der Waals surface area contributed by atoms with Gasteiger partial charge in [-0.15, -0.1) is 0 Å². The van der Waals surface area contributed by atoms with Crippen molar-refractivity contribution in [2.24, 2.45) is 28.6 Å². The van der Waals surface area contributed by atoms with Crippen molar-refractivity contribution >= 4 is 5.97 Å². The van der Waals surface area contributed by atoms with Crippen molar-refractivity contribution < 1.29 is 35.1 Å². The van der Waals surface area contributed by atoms with Crippen LogP contribution in [0, 0.1) is 28.6 Å². The second kappa shape index (κ2) is 7.89. The molecule has 0 aliphatic heterocycles. The van der Waals surface area contributed by atoms with Gasteiger partial charge in [0.05, 0.1) is 18.1 Å². The molecule has 4 aliphatic rings. The SMILES string of the molecule is CCCCCC(=O)O[C@@]12C[C@@H](C)[C@]34C=C(C)[C@H](O)[C@@]3(O)[C@H](O)C(CO)=C[C@H](C4O)[C@@H]1C2(C)C. The first-order valence-corrected chi connectivity index (χ1v) is 12.4. The Hall–Kier alpha value is -1.25. The third-order valence-electron chi connectivity index (χ3n) is 9.60. The molecule has 9 atom stereocenters. The Balaban J connectivity index is 1.83. The third kappa shape index (κ3) is 2.95. The van der Waals surface area contributed by atoms with Gasteiger partial charge in [0.15, 0.2) is 0 Å². The number of fused-ring (bicyclic) bond motifs is 3. The van der Waals surface area contributed by atoms with Crippen LogP contribution < -0.4 is 0 Å². The molecule has 0 heterocycles. The Morgan fingerprint density at radius 1 is 1.18 bits per heavy atom. The van der Waals surface area contributed by atoms with Crippen LogP contribution >= 0.6 is 0 Å². The highest BCUT2D eigenvalue weighted by Gasteiger charge is 2.82. The number of aliphatic hydroxyl groups is 5. The maximum absolute atomic E-state index is 12.9. The molecule has 2 bridgehead atoms. The number of hydrogen-bond donors (Lipinski definition) is 5. The Labute approximate surface area is 196 Å². The lowest BCUT2D eigenvalue weighted by molar-refractivity contribution is -0.216. The number of carbonyl (C=O) groups excluding carboxylic acids is 1. The van der Waals surface area contributed by atoms with Gasteiger partial charge in [-0.1, -0.05) is 52.7 Å². The third-order valence-corrected chi connectivity index (χ3v) is 9.60. The standard InChI is InChI=1S/C26H40O7/c1-6-7-8-9-18(28)33-25-12-15(3)24-11-14(2)20(29)26(24,32)21(30)16(13-27)10-17(22(24)31)19(25)23(25,4)5/h10-11,15,17,19-22,27,29-32H,6-9,12-13H2,1-5H3/t15-,17+,19-,20+,21-,22?,24+,25+,26-/m1/s1. The van der Waals surface area contributed by atoms with Crippen LogP contribution in [0.3, 0.4) is 0 Å². The van der Waals surface area contributed by atoms with E-state index in [0.717, 1.165) is 19.3 Å². The zero-order chi connectivity index (χ0) is 24.6. The van der Waals surface area contributed by atoms with Crippen molar-refractivity contribution in [3.8, 4) is 0 Å². The van der Waals surface area contributed by atoms with E-state index < -0.39 is 58.8 Å². The van der Waals surface area contributed by atoms with E-state index >= 15 is 0 Å². The van der Waals surface area contributed by atoms with E-state index in [2.05, 4.69) is 6.92 Å². The van der Waals surface area contributed by atoms with Gasteiger partial charge in [-0.2, -0.15) is 0 Å². The fourth-order valence-corrected chi connectivity index (χ4v) is 7.81. The molecule has 2 fully saturated rings. The van der Waals surface area contributed by atoms with E-state index in [1.807, 2.05) is 20.8 Å². The summed E-state index contributed by atoms with van der Waals surface area (Å²) in [7, 11) is 0. The quantitative estimate of drug-likeness (QED) is 0.231. The highest BCUT2D eigenvalue weighted by molar-refractivity contribution is 5.70. The molecular weight excluding hydrogens is 424 g/mol. The highest BCUT2D eigenvalue weighted by Crippen LogP contribution is 2.76. The number of carbonyl (C=O) groups is 1. The van der Waals surface area contributed by atoms with Gasteiger partial charge in [-0.25, -0.2) is 0 Å². The van der Waals surface area contributed by atoms with Crippen LogP contribution in [0.25, 0.3) is 0 Å². The number of hydrogen-bond acceptors (Lipinski definition) is 7. The smallest absolute Gasteiger partial charge is 0.306 e. The molecule has 5 N–H and O–H groups in total. The van der Waals surface area contributed by atoms with Crippen molar-refractivity contribution in [3.05, 3.63) is 23.3 Å². The number of unbranched alkanes of at least 4 members (excludes halogenated alkanes) is 2. The molecule has 4 aliphatic carbocycles. The van der Waals surface area contributed by atoms with E-state index in [1.54, 1.807) is 19.1 Å². The highest BCUT2D eigenvalue weighted by atomic mass is 16.6. The number of ether oxygens (including phenoxy) is 1. The van der Waals surface area contributed by atoms with Gasteiger partial charge >= 0.3 is 5.97 Å². The summed E-state index contributed by atoms with van der Waals surface area (Å²) in [6, 6.07) is 0. The van der Waals surface area contributed by atoms with Crippen molar-refractivity contribution in [1.29, 1.82) is 0 Å². The number of rotatable bonds is 6. The van der Waals surface area contributed by atoms with Crippen LogP contribution in [0.15, 0.2) is 23.3 Å². The second-order valence-electron chi connectivity index (χ2n) is 11.5. The van der Waals surface area contributed by atoms with Gasteiger partial charge in [-0.05, 0) is 36.8 Å². The van der Waals surface area contributed by atoms with Gasteiger partial charge in [0.25, 0.3) is 0 Å². The Kier molecular flexibility index (Phi) is 5.94. The second-order valence-corrected chi connectivity index (χ2v) is 11.5. The summed E-state index contributed by atoms with van der Waals surface area (Å²) >= 11 is 0. The normalized spacial score (nSPS) is 47.5. The summed E-state index contributed by atoms with van der Waals surface area (Å²) in [4.78, 5) is 12.9. The number of esters is 1. The molecule has 0 radical (unpaired) electrons. The van der Waals surface area contributed by atoms with Crippen molar-refractivity contribution in [1.82, 2.24) is 0 Å². The maximum atomic E-state index is 12.9. The summed E-state index contributed by atoms with van der Waals surface area (Å²) in [5.74, 6) is -1.51. The Morgan fingerprint density at radius 2 is 1.85 bits per heavy atom. The summed E-state index contributed by atoms with van der Waals surface area (Å²) in [5.41, 5.74) is -4.09. The van der Waals surface area contributed by atoms with Crippen LogP contribution in [0.1, 0.15) is 66.7 Å². The van der Waals surface area contributed by atoms with Crippen LogP contribution in [0.5, 0.6) is 0 Å². The van der Waals surface area contributed by atoms with Crippen molar-refractivity contribution in [2.45, 2.75) is 96.2 Å². The predicted octanol–water partition coefficient (Wildman–Crippen LogP) is 1.85. The number of aliphatic hydroxyl groups excluding tert-OH is 4. The lowest BCUT2D eigenvalue weighted by Gasteiger charge is -2.51. The molecule has 186 valence electrons. The predicted molar refractivity (Wildman–Crippen MR) is 122 cm³/mol. The zero-order valence-electron chi connectivity index (χ0n) is 20.4. The Morgan fingerprint density at radius 3 is 2.45 bits per heavy atom. The van der Waals surface area contributed by atoms with Crippen LogP contribution in [0.4, 0.5) is 0 Å². The first-order valence-electron chi connectivity index (χ1n) is 12.4. The van der Waals surface area contributed by atoms with E-state index in [0.29, 0.717) is 18.4 Å². The summed E-state index contributed by atoms with van der Waals surface area (Å²) < 4.78 is 6.22. The molecule has 0 saturated heterocycles. The molecule has 0 amide bonds. The minimum absolute atomic E-state index is 0.172. The minimum atomic E-state index is -2.10. The van der Waals surface area contributed by atoms with E-state index in [-0.39, 0.29) is 17.5 Å². The molecule has 4 rings (SSSR count). The molecule has 33 heavy (non-hydrogen) atoms. The van der Waals surface area contributed by atoms with Gasteiger partial charge < -0.3 is 30.3 Å². The summed E-state index contributed by atoms with van der Waals surface area (Å²) in [5, 5.41) is 56.1. The minimum Gasteiger partial charge on any atom is -0.458 e. The van der Waals surface area contributed by atoms with Crippen molar-refractivity contribution in [3.63, 3.8) is 0 Å². The average Bonchev–Trinajstić information content (AvgIpc) is 3.16. The summed E-state index contributed by atoms with van der Waals surface area (Å²) in [6.45, 7) is 9.17. The molecule has 0 aromatic carbocycles. The molecule has 7 heteroatoms. The molecule has 0 aromatic heterocycles. The van der Waals surface area contributed by atoms with E-state index in [4.69, 9.17) is 4.74 Å². The lowest BCUT2D eigenvalue weighted by Crippen LogP contribution is -2.66. The van der Waals surface area contributed by atoms with Gasteiger partial charge in [0.2, 0.25) is 0 Å². The largest absolute Gasteiger partial charge is 0.458 e. The lowest BCUT2D eigenvalue weighted by atomic mass is 9.58. The zero-order valence-corrected chi connectivity index (χ0v) is 20.4. The monoisotopic (exact) mass is 464 g/mol. The van der Waals surface area contributed by atoms with Gasteiger partial charge in [0.1, 0.15) is 23.4 Å². The van der Waals surface area contributed by atoms with E-state index in [9.17, 15) is 30.3 Å². The maximum Gasteiger partial charge on any atom is 0.306 e. The first-order chi connectivity index (χ1) is 15.4. The Bertz CT molecular complexity index is 878. The average molecular weight is 465 g/mol. The van der Waals surface area contributed by atoms with Crippen molar-refractivity contribution in [2.75, 3.05) is 6.61 Å². The van der Waals surface area contributed by atoms with E-state index in [1.165, 1.54) is 0 Å². The fourth-order valence-electron chi connectivity index (χ4n) is 7.81. The van der Waals surface area contributed by atoms with Gasteiger partial charge in [-0.3, -0.25) is 4.79 Å². The van der Waals surface area contributed by atoms with Crippen LogP contribution in [-0.4, -0.2) is 67.6 Å². The first kappa shape index (κ1) is 24.9. The topological polar surface area (TPSA) is 127 Å². The molecule has 1 spiro atoms.